The minimum atomic E-state index is -1.17. The van der Waals surface area contributed by atoms with Gasteiger partial charge in [0.25, 0.3) is 0 Å². The molecule has 0 aliphatic carbocycles. The molecule has 5 nitrogen and oxygen atoms in total. The molecule has 0 saturated heterocycles. The van der Waals surface area contributed by atoms with Gasteiger partial charge in [-0.15, -0.1) is 0 Å². The average molecular weight is 353 g/mol. The fourth-order valence-electron chi connectivity index (χ4n) is 1.65. The molecule has 3 N–H and O–H groups in total. The minimum Gasteiger partial charge on any atom is -0.478 e. The van der Waals surface area contributed by atoms with E-state index >= 15 is 0 Å². The monoisotopic (exact) mass is 352 g/mol. The van der Waals surface area contributed by atoms with E-state index in [-0.39, 0.29) is 16.9 Å². The maximum Gasteiger partial charge on any atom is 0.337 e. The molecule has 0 spiro atoms. The zero-order valence-electron chi connectivity index (χ0n) is 10.6. The van der Waals surface area contributed by atoms with Crippen LogP contribution in [0, 0.1) is 5.82 Å². The van der Waals surface area contributed by atoms with Crippen molar-refractivity contribution in [2.45, 2.75) is 0 Å². The van der Waals surface area contributed by atoms with Crippen LogP contribution in [0.1, 0.15) is 10.4 Å². The molecule has 0 atom stereocenters. The number of hydrogen-bond donors (Lipinski definition) is 3. The second kappa shape index (κ2) is 6.36. The molecule has 0 unspecified atom stereocenters. The van der Waals surface area contributed by atoms with Crippen LogP contribution >= 0.6 is 15.9 Å². The summed E-state index contributed by atoms with van der Waals surface area (Å²) in [7, 11) is 0. The van der Waals surface area contributed by atoms with Gasteiger partial charge in [-0.3, -0.25) is 0 Å². The molecular weight excluding hydrogens is 343 g/mol. The first-order chi connectivity index (χ1) is 9.95. The zero-order valence-corrected chi connectivity index (χ0v) is 12.1. The number of amides is 2. The fraction of sp³-hybridized carbons (Fsp3) is 0. The van der Waals surface area contributed by atoms with Crippen molar-refractivity contribution in [2.24, 2.45) is 0 Å². The van der Waals surface area contributed by atoms with Crippen LogP contribution in [-0.4, -0.2) is 17.1 Å². The average Bonchev–Trinajstić information content (AvgIpc) is 2.40. The van der Waals surface area contributed by atoms with E-state index in [4.69, 9.17) is 5.11 Å². The van der Waals surface area contributed by atoms with Gasteiger partial charge in [-0.1, -0.05) is 22.0 Å². The number of anilines is 2. The van der Waals surface area contributed by atoms with E-state index in [9.17, 15) is 14.0 Å². The minimum absolute atomic E-state index is 0.0567. The molecule has 0 heterocycles. The Labute approximate surface area is 127 Å². The lowest BCUT2D eigenvalue weighted by atomic mass is 10.2. The third-order valence-corrected chi connectivity index (χ3v) is 3.04. The standard InChI is InChI=1S/C14H10BrFN2O3/c15-8-4-5-12(11(6-8)13(19)20)18-14(21)17-10-3-1-2-9(16)7-10/h1-7H,(H,19,20)(H2,17,18,21). The van der Waals surface area contributed by atoms with E-state index < -0.39 is 17.8 Å². The molecule has 0 aliphatic heterocycles. The van der Waals surface area contributed by atoms with Gasteiger partial charge in [0.05, 0.1) is 11.3 Å². The van der Waals surface area contributed by atoms with Gasteiger partial charge in [0.2, 0.25) is 0 Å². The number of aromatic carboxylic acids is 1. The smallest absolute Gasteiger partial charge is 0.337 e. The summed E-state index contributed by atoms with van der Waals surface area (Å²) in [5.74, 6) is -1.65. The molecule has 0 aliphatic rings. The highest BCUT2D eigenvalue weighted by molar-refractivity contribution is 9.10. The zero-order chi connectivity index (χ0) is 15.4. The Morgan fingerprint density at radius 1 is 1.10 bits per heavy atom. The molecular formula is C14H10BrFN2O3. The van der Waals surface area contributed by atoms with E-state index in [1.165, 1.54) is 30.3 Å². The molecule has 0 fully saturated rings. The lowest BCUT2D eigenvalue weighted by Crippen LogP contribution is -2.21. The van der Waals surface area contributed by atoms with Gasteiger partial charge >= 0.3 is 12.0 Å². The summed E-state index contributed by atoms with van der Waals surface area (Å²) in [5.41, 5.74) is 0.347. The van der Waals surface area contributed by atoms with E-state index in [2.05, 4.69) is 26.6 Å². The van der Waals surface area contributed by atoms with E-state index in [1.807, 2.05) is 0 Å². The Kier molecular flexibility index (Phi) is 4.54. The number of carbonyl (C=O) groups is 2. The number of nitrogens with one attached hydrogen (secondary N) is 2. The summed E-state index contributed by atoms with van der Waals surface area (Å²) in [6, 6.07) is 9.14. The number of carboxylic acid groups (broad SMARTS) is 1. The Hall–Kier alpha value is -2.41. The van der Waals surface area contributed by atoms with Crippen molar-refractivity contribution in [2.75, 3.05) is 10.6 Å². The van der Waals surface area contributed by atoms with Gasteiger partial charge in [0, 0.05) is 10.2 Å². The summed E-state index contributed by atoms with van der Waals surface area (Å²) in [6.07, 6.45) is 0. The second-order valence-corrected chi connectivity index (χ2v) is 5.00. The highest BCUT2D eigenvalue weighted by Gasteiger charge is 2.13. The van der Waals surface area contributed by atoms with Crippen LogP contribution in [0.3, 0.4) is 0 Å². The summed E-state index contributed by atoms with van der Waals surface area (Å²) >= 11 is 3.16. The topological polar surface area (TPSA) is 78.4 Å². The second-order valence-electron chi connectivity index (χ2n) is 4.08. The molecule has 0 saturated carbocycles. The van der Waals surface area contributed by atoms with E-state index in [0.717, 1.165) is 6.07 Å². The van der Waals surface area contributed by atoms with Crippen LogP contribution < -0.4 is 10.6 Å². The van der Waals surface area contributed by atoms with Crippen LogP contribution in [0.15, 0.2) is 46.9 Å². The van der Waals surface area contributed by atoms with Crippen molar-refractivity contribution in [1.82, 2.24) is 0 Å². The molecule has 0 radical (unpaired) electrons. The third kappa shape index (κ3) is 4.03. The lowest BCUT2D eigenvalue weighted by molar-refractivity contribution is 0.0698. The highest BCUT2D eigenvalue weighted by atomic mass is 79.9. The fourth-order valence-corrected chi connectivity index (χ4v) is 2.01. The predicted molar refractivity (Wildman–Crippen MR) is 80.1 cm³/mol. The van der Waals surface area contributed by atoms with Gasteiger partial charge in [-0.25, -0.2) is 14.0 Å². The van der Waals surface area contributed by atoms with E-state index in [1.54, 1.807) is 6.07 Å². The van der Waals surface area contributed by atoms with Crippen LogP contribution in [0.2, 0.25) is 0 Å². The maximum atomic E-state index is 13.0. The van der Waals surface area contributed by atoms with Gasteiger partial charge < -0.3 is 15.7 Å². The number of rotatable bonds is 3. The molecule has 2 aromatic rings. The lowest BCUT2D eigenvalue weighted by Gasteiger charge is -2.10. The molecule has 7 heteroatoms. The van der Waals surface area contributed by atoms with Gasteiger partial charge in [-0.05, 0) is 36.4 Å². The predicted octanol–water partition coefficient (Wildman–Crippen LogP) is 3.93. The molecule has 2 aromatic carbocycles. The first-order valence-corrected chi connectivity index (χ1v) is 6.61. The molecule has 2 rings (SSSR count). The van der Waals surface area contributed by atoms with Crippen LogP contribution in [0.5, 0.6) is 0 Å². The van der Waals surface area contributed by atoms with Crippen LogP contribution in [-0.2, 0) is 0 Å². The number of hydrogen-bond acceptors (Lipinski definition) is 2. The molecule has 21 heavy (non-hydrogen) atoms. The van der Waals surface area contributed by atoms with Crippen molar-refractivity contribution in [3.63, 3.8) is 0 Å². The first kappa shape index (κ1) is 15.0. The Morgan fingerprint density at radius 2 is 1.86 bits per heavy atom. The van der Waals surface area contributed by atoms with Crippen molar-refractivity contribution in [1.29, 1.82) is 0 Å². The maximum absolute atomic E-state index is 13.0. The number of carbonyl (C=O) groups excluding carboxylic acids is 1. The number of carboxylic acids is 1. The molecule has 108 valence electrons. The molecule has 2 amide bonds. The summed E-state index contributed by atoms with van der Waals surface area (Å²) < 4.78 is 13.6. The summed E-state index contributed by atoms with van der Waals surface area (Å²) in [4.78, 5) is 22.9. The molecule has 0 bridgehead atoms. The summed E-state index contributed by atoms with van der Waals surface area (Å²) in [5, 5.41) is 13.9. The van der Waals surface area contributed by atoms with Crippen molar-refractivity contribution < 1.29 is 19.1 Å². The Balaban J connectivity index is 2.15. The van der Waals surface area contributed by atoms with Gasteiger partial charge in [0.1, 0.15) is 5.82 Å². The third-order valence-electron chi connectivity index (χ3n) is 2.54. The number of urea groups is 1. The quantitative estimate of drug-likeness (QED) is 0.782. The number of benzene rings is 2. The van der Waals surface area contributed by atoms with Crippen molar-refractivity contribution in [3.8, 4) is 0 Å². The van der Waals surface area contributed by atoms with E-state index in [0.29, 0.717) is 4.47 Å². The summed E-state index contributed by atoms with van der Waals surface area (Å²) in [6.45, 7) is 0. The number of halogens is 2. The van der Waals surface area contributed by atoms with Gasteiger partial charge in [-0.2, -0.15) is 0 Å². The van der Waals surface area contributed by atoms with Crippen molar-refractivity contribution in [3.05, 3.63) is 58.3 Å². The Morgan fingerprint density at radius 3 is 2.52 bits per heavy atom. The van der Waals surface area contributed by atoms with Crippen LogP contribution in [0.4, 0.5) is 20.6 Å². The Bertz CT molecular complexity index is 706. The first-order valence-electron chi connectivity index (χ1n) is 5.82. The van der Waals surface area contributed by atoms with Crippen molar-refractivity contribution >= 4 is 39.3 Å². The van der Waals surface area contributed by atoms with Gasteiger partial charge in [0.15, 0.2) is 0 Å². The molecule has 0 aromatic heterocycles. The largest absolute Gasteiger partial charge is 0.478 e. The highest BCUT2D eigenvalue weighted by Crippen LogP contribution is 2.21. The normalized spacial score (nSPS) is 10.0. The SMILES string of the molecule is O=C(Nc1cccc(F)c1)Nc1ccc(Br)cc1C(=O)O. The van der Waals surface area contributed by atoms with Crippen LogP contribution in [0.25, 0.3) is 0 Å².